The molecule has 0 saturated heterocycles. The quantitative estimate of drug-likeness (QED) is 0.594. The normalized spacial score (nSPS) is 11.2. The third-order valence-electron chi connectivity index (χ3n) is 2.88. The van der Waals surface area contributed by atoms with E-state index >= 15 is 0 Å². The average Bonchev–Trinajstić information content (AvgIpc) is 3.19. The molecule has 0 radical (unpaired) electrons. The number of nitrogens with one attached hydrogen (secondary N) is 1. The second-order valence-electron chi connectivity index (χ2n) is 4.17. The standard InChI is InChI=1S/C13H9N5S2/c14-10-9-13(17-11(15-9)7-3-1-5-19-7)18-12(16-10)8-4-2-6-20-8/h1-6H,(H3,14,15,16,17,18). The molecule has 4 rings (SSSR count). The topological polar surface area (TPSA) is 80.5 Å². The Balaban J connectivity index is 1.92. The lowest BCUT2D eigenvalue weighted by atomic mass is 10.4. The summed E-state index contributed by atoms with van der Waals surface area (Å²) in [5.74, 6) is 1.82. The van der Waals surface area contributed by atoms with Crippen LogP contribution in [0.4, 0.5) is 5.82 Å². The summed E-state index contributed by atoms with van der Waals surface area (Å²) in [6, 6.07) is 7.93. The summed E-state index contributed by atoms with van der Waals surface area (Å²) in [7, 11) is 0. The molecule has 0 fully saturated rings. The van der Waals surface area contributed by atoms with Crippen molar-refractivity contribution >= 4 is 39.7 Å². The Morgan fingerprint density at radius 2 is 1.70 bits per heavy atom. The van der Waals surface area contributed by atoms with Gasteiger partial charge in [0.05, 0.1) is 9.75 Å². The van der Waals surface area contributed by atoms with Crippen molar-refractivity contribution in [2.24, 2.45) is 0 Å². The zero-order chi connectivity index (χ0) is 13.5. The molecule has 4 aromatic heterocycles. The number of nitrogens with zero attached hydrogens (tertiary/aromatic N) is 3. The number of aromatic amines is 1. The number of H-pyrrole nitrogens is 1. The monoisotopic (exact) mass is 299 g/mol. The first kappa shape index (κ1) is 11.6. The molecule has 0 aromatic carbocycles. The van der Waals surface area contributed by atoms with Gasteiger partial charge < -0.3 is 10.7 Å². The molecule has 5 nitrogen and oxygen atoms in total. The molecular formula is C13H9N5S2. The summed E-state index contributed by atoms with van der Waals surface area (Å²) in [4.78, 5) is 18.6. The van der Waals surface area contributed by atoms with Crippen molar-refractivity contribution in [1.29, 1.82) is 0 Å². The van der Waals surface area contributed by atoms with E-state index < -0.39 is 0 Å². The SMILES string of the molecule is Nc1nc(-c2cccs2)nc2nc(-c3cccs3)[nH]c12. The smallest absolute Gasteiger partial charge is 0.184 e. The number of rotatable bonds is 2. The first-order chi connectivity index (χ1) is 9.81. The van der Waals surface area contributed by atoms with E-state index in [4.69, 9.17) is 5.73 Å². The van der Waals surface area contributed by atoms with E-state index in [1.807, 2.05) is 35.0 Å². The molecule has 0 saturated carbocycles. The Kier molecular flexibility index (Phi) is 2.54. The van der Waals surface area contributed by atoms with Gasteiger partial charge in [0.2, 0.25) is 0 Å². The highest BCUT2D eigenvalue weighted by Gasteiger charge is 2.13. The first-order valence-corrected chi connectivity index (χ1v) is 7.68. The third kappa shape index (κ3) is 1.79. The average molecular weight is 299 g/mol. The number of fused-ring (bicyclic) bond motifs is 1. The highest BCUT2D eigenvalue weighted by molar-refractivity contribution is 7.13. The molecule has 0 spiro atoms. The Morgan fingerprint density at radius 3 is 2.40 bits per heavy atom. The number of hydrogen-bond donors (Lipinski definition) is 2. The number of thiophene rings is 2. The van der Waals surface area contributed by atoms with E-state index in [1.54, 1.807) is 22.7 Å². The molecule has 98 valence electrons. The fourth-order valence-corrected chi connectivity index (χ4v) is 3.29. The fraction of sp³-hybridized carbons (Fsp3) is 0. The van der Waals surface area contributed by atoms with Gasteiger partial charge in [-0.05, 0) is 22.9 Å². The van der Waals surface area contributed by atoms with Crippen LogP contribution in [0.25, 0.3) is 32.6 Å². The maximum Gasteiger partial charge on any atom is 0.184 e. The van der Waals surface area contributed by atoms with Crippen LogP contribution in [0, 0.1) is 0 Å². The highest BCUT2D eigenvalue weighted by atomic mass is 32.1. The van der Waals surface area contributed by atoms with E-state index in [0.29, 0.717) is 22.8 Å². The number of nitrogens with two attached hydrogens (primary N) is 1. The number of hydrogen-bond acceptors (Lipinski definition) is 6. The zero-order valence-corrected chi connectivity index (χ0v) is 11.8. The van der Waals surface area contributed by atoms with Crippen molar-refractivity contribution in [3.8, 4) is 21.4 Å². The molecule has 0 amide bonds. The molecule has 0 aliphatic heterocycles. The Labute approximate surface area is 122 Å². The molecule has 0 atom stereocenters. The first-order valence-electron chi connectivity index (χ1n) is 5.92. The van der Waals surface area contributed by atoms with Gasteiger partial charge in [0.1, 0.15) is 5.52 Å². The lowest BCUT2D eigenvalue weighted by Gasteiger charge is -1.98. The van der Waals surface area contributed by atoms with Crippen LogP contribution in [0.15, 0.2) is 35.0 Å². The Morgan fingerprint density at radius 1 is 0.950 bits per heavy atom. The van der Waals surface area contributed by atoms with Crippen molar-refractivity contribution in [2.75, 3.05) is 5.73 Å². The van der Waals surface area contributed by atoms with Crippen molar-refractivity contribution in [2.45, 2.75) is 0 Å². The van der Waals surface area contributed by atoms with Crippen LogP contribution in [0.1, 0.15) is 0 Å². The van der Waals surface area contributed by atoms with Crippen LogP contribution in [0.2, 0.25) is 0 Å². The molecular weight excluding hydrogens is 290 g/mol. The molecule has 0 aliphatic carbocycles. The minimum Gasteiger partial charge on any atom is -0.382 e. The van der Waals surface area contributed by atoms with Crippen LogP contribution in [0.5, 0.6) is 0 Å². The van der Waals surface area contributed by atoms with E-state index in [0.717, 1.165) is 15.6 Å². The van der Waals surface area contributed by atoms with Gasteiger partial charge in [-0.3, -0.25) is 0 Å². The molecule has 0 bridgehead atoms. The third-order valence-corrected chi connectivity index (χ3v) is 4.62. The number of imidazole rings is 1. The van der Waals surface area contributed by atoms with Crippen LogP contribution in [0.3, 0.4) is 0 Å². The van der Waals surface area contributed by atoms with Crippen LogP contribution in [-0.2, 0) is 0 Å². The molecule has 20 heavy (non-hydrogen) atoms. The lowest BCUT2D eigenvalue weighted by molar-refractivity contribution is 1.22. The molecule has 7 heteroatoms. The van der Waals surface area contributed by atoms with Gasteiger partial charge in [0, 0.05) is 0 Å². The van der Waals surface area contributed by atoms with E-state index in [2.05, 4.69) is 19.9 Å². The zero-order valence-electron chi connectivity index (χ0n) is 10.2. The number of anilines is 1. The summed E-state index contributed by atoms with van der Waals surface area (Å²) >= 11 is 3.20. The molecule has 3 N–H and O–H groups in total. The summed E-state index contributed by atoms with van der Waals surface area (Å²) in [6.07, 6.45) is 0. The Hall–Kier alpha value is -2.25. The summed E-state index contributed by atoms with van der Waals surface area (Å²) in [5, 5.41) is 4.00. The van der Waals surface area contributed by atoms with Crippen molar-refractivity contribution in [3.63, 3.8) is 0 Å². The lowest BCUT2D eigenvalue weighted by Crippen LogP contribution is -1.96. The number of nitrogen functional groups attached to an aromatic ring is 1. The number of aromatic nitrogens is 4. The van der Waals surface area contributed by atoms with Gasteiger partial charge in [-0.25, -0.2) is 15.0 Å². The molecule has 4 aromatic rings. The summed E-state index contributed by atoms with van der Waals surface area (Å²) < 4.78 is 0. The van der Waals surface area contributed by atoms with E-state index in [1.165, 1.54) is 0 Å². The maximum atomic E-state index is 6.02. The molecule has 4 heterocycles. The van der Waals surface area contributed by atoms with Crippen molar-refractivity contribution in [3.05, 3.63) is 35.0 Å². The second-order valence-corrected chi connectivity index (χ2v) is 6.07. The van der Waals surface area contributed by atoms with Gasteiger partial charge in [0.25, 0.3) is 0 Å². The second kappa shape index (κ2) is 4.39. The minimum absolute atomic E-state index is 0.425. The van der Waals surface area contributed by atoms with Crippen LogP contribution < -0.4 is 5.73 Å². The molecule has 0 aliphatic rings. The minimum atomic E-state index is 0.425. The predicted molar refractivity (Wildman–Crippen MR) is 82.7 cm³/mol. The van der Waals surface area contributed by atoms with Crippen LogP contribution in [-0.4, -0.2) is 19.9 Å². The van der Waals surface area contributed by atoms with Gasteiger partial charge >= 0.3 is 0 Å². The highest BCUT2D eigenvalue weighted by Crippen LogP contribution is 2.28. The van der Waals surface area contributed by atoms with E-state index in [-0.39, 0.29) is 0 Å². The summed E-state index contributed by atoms with van der Waals surface area (Å²) in [5.41, 5.74) is 7.31. The van der Waals surface area contributed by atoms with Gasteiger partial charge in [-0.1, -0.05) is 12.1 Å². The van der Waals surface area contributed by atoms with Crippen LogP contribution >= 0.6 is 22.7 Å². The van der Waals surface area contributed by atoms with Gasteiger partial charge in [-0.2, -0.15) is 0 Å². The fourth-order valence-electron chi connectivity index (χ4n) is 1.96. The Bertz CT molecular complexity index is 862. The maximum absolute atomic E-state index is 6.02. The molecule has 0 unspecified atom stereocenters. The largest absolute Gasteiger partial charge is 0.382 e. The summed E-state index contributed by atoms with van der Waals surface area (Å²) in [6.45, 7) is 0. The van der Waals surface area contributed by atoms with Gasteiger partial charge in [0.15, 0.2) is 23.1 Å². The van der Waals surface area contributed by atoms with Crippen molar-refractivity contribution < 1.29 is 0 Å². The van der Waals surface area contributed by atoms with Gasteiger partial charge in [-0.15, -0.1) is 22.7 Å². The predicted octanol–water partition coefficient (Wildman–Crippen LogP) is 3.39. The van der Waals surface area contributed by atoms with Crippen molar-refractivity contribution in [1.82, 2.24) is 19.9 Å². The van der Waals surface area contributed by atoms with E-state index in [9.17, 15) is 0 Å².